The number of carbonyl (C=O) groups is 2. The average molecular weight is 337 g/mol. The number of hydrogen-bond acceptors (Lipinski definition) is 3. The standard InChI is InChI=1S/C14H13BrN2O3/c15-12-3-1-2-10(8-12)13(18)16-5-6-17-14(19)11-4-7-20-9-11/h1-4,7-9H,5-6H2,(H,16,18)(H,17,19). The van der Waals surface area contributed by atoms with Crippen molar-refractivity contribution in [3.8, 4) is 0 Å². The molecule has 6 heteroatoms. The van der Waals surface area contributed by atoms with Gasteiger partial charge < -0.3 is 15.1 Å². The SMILES string of the molecule is O=C(NCCNC(=O)c1cccc(Br)c1)c1ccoc1. The van der Waals surface area contributed by atoms with Gasteiger partial charge in [-0.15, -0.1) is 0 Å². The highest BCUT2D eigenvalue weighted by molar-refractivity contribution is 9.10. The van der Waals surface area contributed by atoms with Crippen LogP contribution in [-0.4, -0.2) is 24.9 Å². The molecule has 2 amide bonds. The zero-order valence-electron chi connectivity index (χ0n) is 10.6. The number of amides is 2. The van der Waals surface area contributed by atoms with Crippen LogP contribution in [-0.2, 0) is 0 Å². The Morgan fingerprint density at radius 1 is 1.05 bits per heavy atom. The van der Waals surface area contributed by atoms with Crippen LogP contribution < -0.4 is 10.6 Å². The number of benzene rings is 1. The molecule has 0 aliphatic carbocycles. The number of furan rings is 1. The molecule has 2 N–H and O–H groups in total. The first-order chi connectivity index (χ1) is 9.66. The molecule has 1 aromatic carbocycles. The van der Waals surface area contributed by atoms with Crippen molar-refractivity contribution >= 4 is 27.7 Å². The lowest BCUT2D eigenvalue weighted by atomic mass is 10.2. The third-order valence-corrected chi connectivity index (χ3v) is 3.06. The molecule has 0 bridgehead atoms. The number of nitrogens with one attached hydrogen (secondary N) is 2. The zero-order valence-corrected chi connectivity index (χ0v) is 12.1. The van der Waals surface area contributed by atoms with Gasteiger partial charge in [-0.05, 0) is 24.3 Å². The Kier molecular flexibility index (Phi) is 4.95. The highest BCUT2D eigenvalue weighted by atomic mass is 79.9. The van der Waals surface area contributed by atoms with Gasteiger partial charge in [-0.3, -0.25) is 9.59 Å². The molecule has 0 fully saturated rings. The Bertz CT molecular complexity index is 596. The number of rotatable bonds is 5. The van der Waals surface area contributed by atoms with E-state index >= 15 is 0 Å². The molecule has 0 aliphatic heterocycles. The van der Waals surface area contributed by atoms with Gasteiger partial charge in [0.1, 0.15) is 6.26 Å². The third kappa shape index (κ3) is 3.96. The lowest BCUT2D eigenvalue weighted by Crippen LogP contribution is -2.34. The molecule has 2 aromatic rings. The zero-order chi connectivity index (χ0) is 14.4. The van der Waals surface area contributed by atoms with E-state index in [1.807, 2.05) is 6.07 Å². The monoisotopic (exact) mass is 336 g/mol. The fourth-order valence-electron chi connectivity index (χ4n) is 1.58. The first kappa shape index (κ1) is 14.3. The molecule has 20 heavy (non-hydrogen) atoms. The highest BCUT2D eigenvalue weighted by Crippen LogP contribution is 2.11. The predicted octanol–water partition coefficient (Wildman–Crippen LogP) is 2.20. The smallest absolute Gasteiger partial charge is 0.254 e. The largest absolute Gasteiger partial charge is 0.472 e. The number of hydrogen-bond donors (Lipinski definition) is 2. The molecule has 2 rings (SSSR count). The van der Waals surface area contributed by atoms with Crippen LogP contribution >= 0.6 is 15.9 Å². The van der Waals surface area contributed by atoms with Crippen molar-refractivity contribution in [2.45, 2.75) is 0 Å². The van der Waals surface area contributed by atoms with E-state index in [4.69, 9.17) is 4.42 Å². The molecule has 0 radical (unpaired) electrons. The Hall–Kier alpha value is -2.08. The maximum Gasteiger partial charge on any atom is 0.254 e. The summed E-state index contributed by atoms with van der Waals surface area (Å²) in [5.41, 5.74) is 1.03. The van der Waals surface area contributed by atoms with Crippen molar-refractivity contribution in [1.82, 2.24) is 10.6 Å². The van der Waals surface area contributed by atoms with Crippen LogP contribution in [0.5, 0.6) is 0 Å². The van der Waals surface area contributed by atoms with Crippen molar-refractivity contribution in [3.05, 3.63) is 58.5 Å². The third-order valence-electron chi connectivity index (χ3n) is 2.57. The first-order valence-corrected chi connectivity index (χ1v) is 6.80. The van der Waals surface area contributed by atoms with Crippen LogP contribution in [0.2, 0.25) is 0 Å². The molecule has 0 saturated heterocycles. The van der Waals surface area contributed by atoms with E-state index in [2.05, 4.69) is 26.6 Å². The lowest BCUT2D eigenvalue weighted by molar-refractivity contribution is 0.0927. The van der Waals surface area contributed by atoms with Crippen molar-refractivity contribution in [2.75, 3.05) is 13.1 Å². The molecule has 0 spiro atoms. The van der Waals surface area contributed by atoms with Crippen molar-refractivity contribution < 1.29 is 14.0 Å². The fourth-order valence-corrected chi connectivity index (χ4v) is 1.98. The van der Waals surface area contributed by atoms with Crippen LogP contribution in [0.3, 0.4) is 0 Å². The van der Waals surface area contributed by atoms with Crippen LogP contribution in [0, 0.1) is 0 Å². The van der Waals surface area contributed by atoms with Crippen LogP contribution in [0.1, 0.15) is 20.7 Å². The van der Waals surface area contributed by atoms with Gasteiger partial charge in [0.2, 0.25) is 0 Å². The van der Waals surface area contributed by atoms with Gasteiger partial charge in [-0.1, -0.05) is 22.0 Å². The van der Waals surface area contributed by atoms with Crippen molar-refractivity contribution in [1.29, 1.82) is 0 Å². The Labute approximate surface area is 124 Å². The van der Waals surface area contributed by atoms with Gasteiger partial charge >= 0.3 is 0 Å². The van der Waals surface area contributed by atoms with Gasteiger partial charge in [0.25, 0.3) is 11.8 Å². The summed E-state index contributed by atoms with van der Waals surface area (Å²) in [6.45, 7) is 0.707. The van der Waals surface area contributed by atoms with E-state index in [1.165, 1.54) is 12.5 Å². The Morgan fingerprint density at radius 2 is 1.75 bits per heavy atom. The molecule has 0 saturated carbocycles. The molecule has 0 unspecified atom stereocenters. The minimum atomic E-state index is -0.226. The van der Waals surface area contributed by atoms with Gasteiger partial charge in [0.15, 0.2) is 0 Å². The number of carbonyl (C=O) groups excluding carboxylic acids is 2. The van der Waals surface area contributed by atoms with Gasteiger partial charge in [0.05, 0.1) is 11.8 Å². The Balaban J connectivity index is 1.73. The average Bonchev–Trinajstić information content (AvgIpc) is 2.97. The summed E-state index contributed by atoms with van der Waals surface area (Å²) in [7, 11) is 0. The summed E-state index contributed by atoms with van der Waals surface area (Å²) in [6, 6.07) is 8.68. The Morgan fingerprint density at radius 3 is 2.35 bits per heavy atom. The number of halogens is 1. The topological polar surface area (TPSA) is 71.3 Å². The normalized spacial score (nSPS) is 10.1. The van der Waals surface area contributed by atoms with Crippen LogP contribution in [0.25, 0.3) is 0 Å². The van der Waals surface area contributed by atoms with E-state index in [9.17, 15) is 9.59 Å². The molecule has 1 aromatic heterocycles. The van der Waals surface area contributed by atoms with E-state index in [0.29, 0.717) is 24.2 Å². The highest BCUT2D eigenvalue weighted by Gasteiger charge is 2.07. The van der Waals surface area contributed by atoms with Gasteiger partial charge in [0, 0.05) is 23.1 Å². The van der Waals surface area contributed by atoms with Gasteiger partial charge in [-0.25, -0.2) is 0 Å². The van der Waals surface area contributed by atoms with Gasteiger partial charge in [-0.2, -0.15) is 0 Å². The van der Waals surface area contributed by atoms with E-state index in [-0.39, 0.29) is 11.8 Å². The van der Waals surface area contributed by atoms with Crippen LogP contribution in [0.15, 0.2) is 51.7 Å². The second-order valence-corrected chi connectivity index (χ2v) is 4.95. The molecular weight excluding hydrogens is 324 g/mol. The first-order valence-electron chi connectivity index (χ1n) is 6.01. The van der Waals surface area contributed by atoms with Crippen molar-refractivity contribution in [3.63, 3.8) is 0 Å². The maximum absolute atomic E-state index is 11.8. The summed E-state index contributed by atoms with van der Waals surface area (Å²) in [5, 5.41) is 5.41. The summed E-state index contributed by atoms with van der Waals surface area (Å²) in [4.78, 5) is 23.4. The molecule has 1 heterocycles. The summed E-state index contributed by atoms with van der Waals surface area (Å²) < 4.78 is 5.66. The second-order valence-electron chi connectivity index (χ2n) is 4.03. The minimum Gasteiger partial charge on any atom is -0.472 e. The van der Waals surface area contributed by atoms with E-state index in [0.717, 1.165) is 4.47 Å². The summed E-state index contributed by atoms with van der Waals surface area (Å²) >= 11 is 3.31. The molecular formula is C14H13BrN2O3. The molecule has 5 nitrogen and oxygen atoms in total. The molecule has 104 valence electrons. The van der Waals surface area contributed by atoms with Crippen LogP contribution in [0.4, 0.5) is 0 Å². The predicted molar refractivity (Wildman–Crippen MR) is 77.5 cm³/mol. The molecule has 0 atom stereocenters. The fraction of sp³-hybridized carbons (Fsp3) is 0.143. The van der Waals surface area contributed by atoms with E-state index in [1.54, 1.807) is 24.3 Å². The quantitative estimate of drug-likeness (QED) is 0.822. The molecule has 0 aliphatic rings. The van der Waals surface area contributed by atoms with Crippen molar-refractivity contribution in [2.24, 2.45) is 0 Å². The summed E-state index contributed by atoms with van der Waals surface area (Å²) in [5.74, 6) is -0.403. The second kappa shape index (κ2) is 6.91. The lowest BCUT2D eigenvalue weighted by Gasteiger charge is -2.06. The summed E-state index contributed by atoms with van der Waals surface area (Å²) in [6.07, 6.45) is 2.80. The minimum absolute atomic E-state index is 0.177. The van der Waals surface area contributed by atoms with E-state index < -0.39 is 0 Å². The maximum atomic E-state index is 11.8.